The summed E-state index contributed by atoms with van der Waals surface area (Å²) in [7, 11) is 4.90. The number of carbonyl (C=O) groups excluding carboxylic acids is 8. The predicted octanol–water partition coefficient (Wildman–Crippen LogP) is 4.45. The van der Waals surface area contributed by atoms with Crippen LogP contribution in [0.5, 0.6) is 0 Å². The topological polar surface area (TPSA) is 203 Å². The number of hydrogen-bond donors (Lipinski definition) is 2. The molecule has 17 nitrogen and oxygen atoms in total. The minimum atomic E-state index is -1.56. The molecule has 61 heavy (non-hydrogen) atoms. The van der Waals surface area contributed by atoms with E-state index in [1.807, 2.05) is 55.9 Å². The average Bonchev–Trinajstić information content (AvgIpc) is 3.64. The summed E-state index contributed by atoms with van der Waals surface area (Å²) in [6.45, 7) is 20.4. The first-order valence-corrected chi connectivity index (χ1v) is 20.2. The normalized spacial score (nSPS) is 15.5. The van der Waals surface area contributed by atoms with Crippen molar-refractivity contribution in [3.05, 3.63) is 47.7 Å². The highest BCUT2D eigenvalue weighted by Crippen LogP contribution is 2.37. The molecule has 3 rings (SSSR count). The molecule has 0 spiro atoms. The van der Waals surface area contributed by atoms with Crippen molar-refractivity contribution in [3.8, 4) is 0 Å². The Hall–Kier alpha value is -5.74. The molecule has 2 heterocycles. The lowest BCUT2D eigenvalue weighted by Crippen LogP contribution is -2.62. The Morgan fingerprint density at radius 1 is 0.836 bits per heavy atom. The Morgan fingerprint density at radius 3 is 1.93 bits per heavy atom. The van der Waals surface area contributed by atoms with Gasteiger partial charge < -0.3 is 34.4 Å². The molecule has 0 bridgehead atoms. The van der Waals surface area contributed by atoms with E-state index in [1.165, 1.54) is 36.9 Å². The van der Waals surface area contributed by atoms with Gasteiger partial charge in [-0.25, -0.2) is 14.4 Å². The zero-order valence-electron chi connectivity index (χ0n) is 38.3. The summed E-state index contributed by atoms with van der Waals surface area (Å²) in [4.78, 5) is 113. The number of para-hydroxylation sites is 1. The van der Waals surface area contributed by atoms with Crippen LogP contribution in [0.1, 0.15) is 108 Å². The number of imide groups is 1. The van der Waals surface area contributed by atoms with Crippen LogP contribution in [0.15, 0.2) is 42.1 Å². The smallest absolute Gasteiger partial charge is 0.410 e. The number of aryl methyl sites for hydroxylation is 1. The molecule has 1 unspecified atom stereocenters. The van der Waals surface area contributed by atoms with Gasteiger partial charge in [0, 0.05) is 68.6 Å². The number of hydrogen-bond acceptors (Lipinski definition) is 11. The summed E-state index contributed by atoms with van der Waals surface area (Å²) in [6.07, 6.45) is 1.63. The van der Waals surface area contributed by atoms with Crippen LogP contribution in [0, 0.1) is 5.41 Å². The monoisotopic (exact) mass is 852 g/mol. The van der Waals surface area contributed by atoms with Gasteiger partial charge in [-0.05, 0) is 65.5 Å². The highest BCUT2D eigenvalue weighted by Gasteiger charge is 2.46. The number of nitrogens with one attached hydrogen (secondary N) is 2. The Kier molecular flexibility index (Phi) is 15.4. The highest BCUT2D eigenvalue weighted by atomic mass is 16.7. The number of aromatic nitrogens is 1. The molecule has 17 heteroatoms. The van der Waals surface area contributed by atoms with Gasteiger partial charge in [-0.3, -0.25) is 28.9 Å². The van der Waals surface area contributed by atoms with E-state index in [0.29, 0.717) is 5.06 Å². The van der Waals surface area contributed by atoms with E-state index in [9.17, 15) is 38.4 Å². The molecule has 1 saturated heterocycles. The van der Waals surface area contributed by atoms with Crippen molar-refractivity contribution >= 4 is 58.5 Å². The molecular weight excluding hydrogens is 789 g/mol. The average molecular weight is 853 g/mol. The minimum absolute atomic E-state index is 0.0682. The summed E-state index contributed by atoms with van der Waals surface area (Å²) < 4.78 is 13.1. The fourth-order valence-electron chi connectivity index (χ4n) is 6.78. The quantitative estimate of drug-likeness (QED) is 0.155. The van der Waals surface area contributed by atoms with Crippen molar-refractivity contribution in [2.24, 2.45) is 12.5 Å². The first kappa shape index (κ1) is 49.6. The second-order valence-electron chi connectivity index (χ2n) is 19.1. The fourth-order valence-corrected chi connectivity index (χ4v) is 6.78. The third kappa shape index (κ3) is 12.9. The van der Waals surface area contributed by atoms with E-state index < -0.39 is 94.1 Å². The maximum atomic E-state index is 14.7. The van der Waals surface area contributed by atoms with E-state index in [0.717, 1.165) is 16.5 Å². The first-order valence-electron chi connectivity index (χ1n) is 20.2. The van der Waals surface area contributed by atoms with Crippen LogP contribution in [-0.2, 0) is 60.3 Å². The van der Waals surface area contributed by atoms with Gasteiger partial charge in [-0.1, -0.05) is 58.9 Å². The van der Waals surface area contributed by atoms with Crippen LogP contribution in [0.2, 0.25) is 0 Å². The van der Waals surface area contributed by atoms with E-state index in [2.05, 4.69) is 10.6 Å². The summed E-state index contributed by atoms with van der Waals surface area (Å²) in [5.41, 5.74) is -1.90. The van der Waals surface area contributed by atoms with Crippen LogP contribution in [-0.4, -0.2) is 117 Å². The molecule has 1 aliphatic rings. The van der Waals surface area contributed by atoms with Crippen LogP contribution in [0.4, 0.5) is 4.79 Å². The van der Waals surface area contributed by atoms with Crippen LogP contribution < -0.4 is 10.6 Å². The Labute approximate surface area is 358 Å². The number of amides is 6. The molecule has 1 aliphatic heterocycles. The van der Waals surface area contributed by atoms with Gasteiger partial charge in [-0.15, -0.1) is 5.06 Å². The van der Waals surface area contributed by atoms with Gasteiger partial charge >= 0.3 is 18.0 Å². The highest BCUT2D eigenvalue weighted by molar-refractivity contribution is 6.02. The molecule has 3 atom stereocenters. The molecule has 1 aromatic heterocycles. The second kappa shape index (κ2) is 18.9. The lowest BCUT2D eigenvalue weighted by molar-refractivity contribution is -0.198. The number of esters is 1. The van der Waals surface area contributed by atoms with E-state index in [1.54, 1.807) is 62.3 Å². The van der Waals surface area contributed by atoms with Crippen molar-refractivity contribution in [2.45, 2.75) is 137 Å². The van der Waals surface area contributed by atoms with E-state index in [-0.39, 0.29) is 25.0 Å². The number of nitrogens with zero attached hydrogens (tertiary/aromatic N) is 4. The maximum absolute atomic E-state index is 14.7. The number of likely N-dealkylation sites (N-methyl/N-ethyl adjacent to an activating group) is 2. The maximum Gasteiger partial charge on any atom is 0.410 e. The Morgan fingerprint density at radius 2 is 1.39 bits per heavy atom. The molecule has 1 aromatic carbocycles. The number of benzene rings is 1. The standard InChI is InChI=1S/C44H64N6O11/c1-26(36(54)45-29(39(57)59-42(5,6)7)24-33(53)61-50-31(51)20-21-32(50)52)22-23-47(13)38(56)34(41(2,3)4)46-37(55)35(49(15)40(58)60-43(8,9)10)44(11,12)28-25-48(14)30-19-17-16-18-27(28)30/h16-19,22,25,29,34-35H,20-21,23-24H2,1-15H3,(H,45,54)(H,46,55)/b26-22+/t29-,34?,35-/m1/s1. The second-order valence-corrected chi connectivity index (χ2v) is 19.1. The number of rotatable bonds is 14. The molecule has 2 aromatic rings. The van der Waals surface area contributed by atoms with Crippen molar-refractivity contribution in [3.63, 3.8) is 0 Å². The summed E-state index contributed by atoms with van der Waals surface area (Å²) in [5.74, 6) is -5.36. The predicted molar refractivity (Wildman–Crippen MR) is 226 cm³/mol. The molecule has 0 aliphatic carbocycles. The van der Waals surface area contributed by atoms with Crippen molar-refractivity contribution in [2.75, 3.05) is 20.6 Å². The number of hydroxylamine groups is 2. The van der Waals surface area contributed by atoms with Crippen molar-refractivity contribution < 1.29 is 52.7 Å². The van der Waals surface area contributed by atoms with Gasteiger partial charge in [0.2, 0.25) is 17.7 Å². The molecule has 336 valence electrons. The molecule has 6 amide bonds. The summed E-state index contributed by atoms with van der Waals surface area (Å²) >= 11 is 0. The fraction of sp³-hybridized carbons (Fsp3) is 0.591. The van der Waals surface area contributed by atoms with Gasteiger partial charge in [0.25, 0.3) is 11.8 Å². The van der Waals surface area contributed by atoms with Gasteiger partial charge in [-0.2, -0.15) is 0 Å². The number of fused-ring (bicyclic) bond motifs is 1. The van der Waals surface area contributed by atoms with Gasteiger partial charge in [0.15, 0.2) is 0 Å². The largest absolute Gasteiger partial charge is 0.458 e. The lowest BCUT2D eigenvalue weighted by Gasteiger charge is -2.41. The zero-order chi connectivity index (χ0) is 46.6. The van der Waals surface area contributed by atoms with Crippen LogP contribution in [0.25, 0.3) is 10.9 Å². The van der Waals surface area contributed by atoms with E-state index in [4.69, 9.17) is 14.3 Å². The van der Waals surface area contributed by atoms with Gasteiger partial charge in [0.1, 0.15) is 29.3 Å². The lowest BCUT2D eigenvalue weighted by atomic mass is 9.76. The number of ether oxygens (including phenoxy) is 2. The van der Waals surface area contributed by atoms with E-state index >= 15 is 0 Å². The molecule has 2 N–H and O–H groups in total. The minimum Gasteiger partial charge on any atom is -0.458 e. The summed E-state index contributed by atoms with van der Waals surface area (Å²) in [6, 6.07) is 3.91. The zero-order valence-corrected chi connectivity index (χ0v) is 38.3. The van der Waals surface area contributed by atoms with Crippen molar-refractivity contribution in [1.82, 2.24) is 30.1 Å². The molecular formula is C44H64N6O11. The number of carbonyl (C=O) groups is 8. The molecule has 0 saturated carbocycles. The third-order valence-corrected chi connectivity index (χ3v) is 9.96. The third-order valence-electron chi connectivity index (χ3n) is 9.96. The van der Waals surface area contributed by atoms with Crippen molar-refractivity contribution in [1.29, 1.82) is 0 Å². The Bertz CT molecular complexity index is 2050. The molecule has 1 fully saturated rings. The molecule has 0 radical (unpaired) electrons. The summed E-state index contributed by atoms with van der Waals surface area (Å²) in [5, 5.41) is 6.65. The van der Waals surface area contributed by atoms with Crippen LogP contribution in [0.3, 0.4) is 0 Å². The first-order chi connectivity index (χ1) is 27.8. The Balaban J connectivity index is 1.87. The van der Waals surface area contributed by atoms with Gasteiger partial charge in [0.05, 0.1) is 6.42 Å². The van der Waals surface area contributed by atoms with Crippen LogP contribution >= 0.6 is 0 Å². The SMILES string of the molecule is C/C(=C\CN(C)C(=O)C(NC(=O)[C@@H](N(C)C(=O)OC(C)(C)C)C(C)(C)c1cn(C)c2ccccc12)C(C)(C)C)C(=O)N[C@H](CC(=O)ON1C(=O)CCC1=O)C(=O)OC(C)(C)C.